The van der Waals surface area contributed by atoms with Crippen molar-refractivity contribution >= 4 is 22.9 Å². The minimum absolute atomic E-state index is 0.456. The van der Waals surface area contributed by atoms with Crippen LogP contribution in [0, 0.1) is 0 Å². The van der Waals surface area contributed by atoms with Crippen LogP contribution in [-0.4, -0.2) is 32.6 Å². The van der Waals surface area contributed by atoms with Crippen molar-refractivity contribution < 1.29 is 0 Å². The van der Waals surface area contributed by atoms with Crippen molar-refractivity contribution in [2.24, 2.45) is 0 Å². The van der Waals surface area contributed by atoms with Crippen LogP contribution < -0.4 is 10.6 Å². The number of rotatable bonds is 1. The molecule has 3 rings (SSSR count). The van der Waals surface area contributed by atoms with E-state index in [2.05, 4.69) is 31.3 Å². The van der Waals surface area contributed by atoms with Gasteiger partial charge in [-0.05, 0) is 6.92 Å². The molecule has 0 aromatic carbocycles. The van der Waals surface area contributed by atoms with Crippen molar-refractivity contribution in [3.8, 4) is 0 Å². The van der Waals surface area contributed by atoms with Gasteiger partial charge in [-0.2, -0.15) is 0 Å². The highest BCUT2D eigenvalue weighted by Gasteiger charge is 2.23. The molecule has 6 heteroatoms. The molecule has 6 nitrogen and oxygen atoms in total. The summed E-state index contributed by atoms with van der Waals surface area (Å²) in [5.74, 6) is 1.41. The van der Waals surface area contributed by atoms with Crippen LogP contribution in [0.15, 0.2) is 6.33 Å². The molecule has 3 heterocycles. The first kappa shape index (κ1) is 8.46. The highest BCUT2D eigenvalue weighted by Crippen LogP contribution is 2.27. The molecular weight excluding hydrogens is 192 g/mol. The van der Waals surface area contributed by atoms with Crippen LogP contribution in [0.25, 0.3) is 11.2 Å². The molecule has 0 aliphatic carbocycles. The first-order valence-electron chi connectivity index (χ1n) is 5.03. The molecule has 0 saturated carbocycles. The van der Waals surface area contributed by atoms with Gasteiger partial charge in [0.05, 0.1) is 0 Å². The fraction of sp³-hybridized carbons (Fsp3) is 0.444. The van der Waals surface area contributed by atoms with Crippen molar-refractivity contribution in [3.63, 3.8) is 0 Å². The molecule has 0 unspecified atom stereocenters. The molecule has 2 aromatic heterocycles. The molecule has 0 spiro atoms. The van der Waals surface area contributed by atoms with E-state index in [0.717, 1.165) is 31.2 Å². The van der Waals surface area contributed by atoms with Crippen molar-refractivity contribution in [1.82, 2.24) is 19.5 Å². The standard InChI is InChI=1S/C9H12N6/c1-2-14-3-4-15-8-6(13-9(14)15)7(10)11-5-12-8/h5H,2-4H2,1H3,(H2,10,11,12). The lowest BCUT2D eigenvalue weighted by atomic mass is 10.5. The number of imidazole rings is 1. The maximum atomic E-state index is 5.76. The lowest BCUT2D eigenvalue weighted by molar-refractivity contribution is 0.791. The second-order valence-corrected chi connectivity index (χ2v) is 3.57. The average Bonchev–Trinajstić information content (AvgIpc) is 2.77. The summed E-state index contributed by atoms with van der Waals surface area (Å²) in [5.41, 5.74) is 7.31. The summed E-state index contributed by atoms with van der Waals surface area (Å²) in [6, 6.07) is 0. The van der Waals surface area contributed by atoms with E-state index in [4.69, 9.17) is 5.73 Å². The summed E-state index contributed by atoms with van der Waals surface area (Å²) in [7, 11) is 0. The topological polar surface area (TPSA) is 72.9 Å². The van der Waals surface area contributed by atoms with Crippen molar-refractivity contribution in [2.45, 2.75) is 13.5 Å². The highest BCUT2D eigenvalue weighted by atomic mass is 15.4. The van der Waals surface area contributed by atoms with Gasteiger partial charge in [-0.1, -0.05) is 0 Å². The SMILES string of the molecule is CCN1CCn2c1nc1c(N)ncnc12. The largest absolute Gasteiger partial charge is 0.382 e. The zero-order chi connectivity index (χ0) is 10.4. The number of hydrogen-bond acceptors (Lipinski definition) is 5. The van der Waals surface area contributed by atoms with Crippen LogP contribution >= 0.6 is 0 Å². The number of likely N-dealkylation sites (N-methyl/N-ethyl adjacent to an activating group) is 1. The van der Waals surface area contributed by atoms with Gasteiger partial charge >= 0.3 is 0 Å². The number of nitrogens with zero attached hydrogens (tertiary/aromatic N) is 5. The van der Waals surface area contributed by atoms with Gasteiger partial charge in [-0.25, -0.2) is 15.0 Å². The van der Waals surface area contributed by atoms with Gasteiger partial charge in [0.25, 0.3) is 0 Å². The Labute approximate surface area is 86.7 Å². The van der Waals surface area contributed by atoms with Gasteiger partial charge in [0.1, 0.15) is 6.33 Å². The zero-order valence-electron chi connectivity index (χ0n) is 8.51. The first-order chi connectivity index (χ1) is 7.31. The smallest absolute Gasteiger partial charge is 0.208 e. The molecule has 0 amide bonds. The molecule has 2 aromatic rings. The number of anilines is 2. The Morgan fingerprint density at radius 1 is 1.40 bits per heavy atom. The number of nitrogens with two attached hydrogens (primary N) is 1. The fourth-order valence-corrected chi connectivity index (χ4v) is 2.01. The van der Waals surface area contributed by atoms with Gasteiger partial charge in [-0.3, -0.25) is 4.57 Å². The maximum Gasteiger partial charge on any atom is 0.208 e. The summed E-state index contributed by atoms with van der Waals surface area (Å²) in [6.45, 7) is 5.00. The second kappa shape index (κ2) is 2.82. The molecule has 0 atom stereocenters. The van der Waals surface area contributed by atoms with Gasteiger partial charge in [0.2, 0.25) is 5.95 Å². The Morgan fingerprint density at radius 3 is 3.07 bits per heavy atom. The third kappa shape index (κ3) is 1.01. The third-order valence-electron chi connectivity index (χ3n) is 2.80. The molecule has 0 radical (unpaired) electrons. The van der Waals surface area contributed by atoms with Gasteiger partial charge in [0, 0.05) is 19.6 Å². The van der Waals surface area contributed by atoms with Gasteiger partial charge in [0.15, 0.2) is 17.0 Å². The number of fused-ring (bicyclic) bond motifs is 3. The fourth-order valence-electron chi connectivity index (χ4n) is 2.01. The highest BCUT2D eigenvalue weighted by molar-refractivity contribution is 5.84. The Bertz CT molecular complexity index is 517. The molecule has 2 N–H and O–H groups in total. The summed E-state index contributed by atoms with van der Waals surface area (Å²) in [6.07, 6.45) is 1.49. The van der Waals surface area contributed by atoms with Gasteiger partial charge in [-0.15, -0.1) is 0 Å². The lowest BCUT2D eigenvalue weighted by Crippen LogP contribution is -2.19. The molecule has 1 aliphatic heterocycles. The van der Waals surface area contributed by atoms with Crippen molar-refractivity contribution in [1.29, 1.82) is 0 Å². The van der Waals surface area contributed by atoms with E-state index in [9.17, 15) is 0 Å². The summed E-state index contributed by atoms with van der Waals surface area (Å²) in [4.78, 5) is 14.9. The molecule has 0 bridgehead atoms. The van der Waals surface area contributed by atoms with Crippen molar-refractivity contribution in [2.75, 3.05) is 23.7 Å². The first-order valence-corrected chi connectivity index (χ1v) is 5.03. The minimum atomic E-state index is 0.456. The van der Waals surface area contributed by atoms with E-state index in [1.54, 1.807) is 0 Å². The molecular formula is C9H12N6. The van der Waals surface area contributed by atoms with Crippen molar-refractivity contribution in [3.05, 3.63) is 6.33 Å². The minimum Gasteiger partial charge on any atom is -0.382 e. The predicted octanol–water partition coefficient (Wildman–Crippen LogP) is 0.248. The molecule has 78 valence electrons. The number of nitrogen functional groups attached to an aromatic ring is 1. The summed E-state index contributed by atoms with van der Waals surface area (Å²) in [5, 5.41) is 0. The molecule has 0 saturated heterocycles. The Kier molecular flexibility index (Phi) is 1.59. The lowest BCUT2D eigenvalue weighted by Gasteiger charge is -2.11. The normalized spacial score (nSPS) is 14.9. The third-order valence-corrected chi connectivity index (χ3v) is 2.80. The summed E-state index contributed by atoms with van der Waals surface area (Å²) >= 11 is 0. The van der Waals surface area contributed by atoms with Crippen LogP contribution in [0.5, 0.6) is 0 Å². The van der Waals surface area contributed by atoms with E-state index in [1.165, 1.54) is 6.33 Å². The van der Waals surface area contributed by atoms with Crippen LogP contribution in [0.4, 0.5) is 11.8 Å². The monoisotopic (exact) mass is 204 g/mol. The van der Waals surface area contributed by atoms with E-state index in [0.29, 0.717) is 11.3 Å². The Balaban J connectivity index is 2.29. The number of aromatic nitrogens is 4. The number of hydrogen-bond donors (Lipinski definition) is 1. The molecule has 15 heavy (non-hydrogen) atoms. The Morgan fingerprint density at radius 2 is 2.27 bits per heavy atom. The van der Waals surface area contributed by atoms with E-state index >= 15 is 0 Å². The zero-order valence-corrected chi connectivity index (χ0v) is 8.51. The van der Waals surface area contributed by atoms with Crippen LogP contribution in [0.3, 0.4) is 0 Å². The predicted molar refractivity (Wildman–Crippen MR) is 57.6 cm³/mol. The van der Waals surface area contributed by atoms with Crippen LogP contribution in [0.2, 0.25) is 0 Å². The summed E-state index contributed by atoms with van der Waals surface area (Å²) < 4.78 is 2.09. The van der Waals surface area contributed by atoms with E-state index in [-0.39, 0.29) is 0 Å². The second-order valence-electron chi connectivity index (χ2n) is 3.57. The Hall–Kier alpha value is -1.85. The van der Waals surface area contributed by atoms with E-state index in [1.807, 2.05) is 0 Å². The van der Waals surface area contributed by atoms with E-state index < -0.39 is 0 Å². The maximum absolute atomic E-state index is 5.76. The van der Waals surface area contributed by atoms with Crippen LogP contribution in [0.1, 0.15) is 6.92 Å². The average molecular weight is 204 g/mol. The quantitative estimate of drug-likeness (QED) is 0.720. The van der Waals surface area contributed by atoms with Gasteiger partial charge < -0.3 is 10.6 Å². The molecule has 1 aliphatic rings. The van der Waals surface area contributed by atoms with Crippen LogP contribution in [-0.2, 0) is 6.54 Å². The molecule has 0 fully saturated rings.